The lowest BCUT2D eigenvalue weighted by molar-refractivity contribution is -0.0248. The molecule has 1 saturated carbocycles. The average Bonchev–Trinajstić information content (AvgIpc) is 2.74. The second-order valence-corrected chi connectivity index (χ2v) is 5.18. The Bertz CT molecular complexity index is 351. The van der Waals surface area contributed by atoms with Gasteiger partial charge in [0.1, 0.15) is 5.60 Å². The Kier molecular flexibility index (Phi) is 3.85. The number of nitrogens with zero attached hydrogens (tertiary/aromatic N) is 1. The molecule has 0 aromatic heterocycles. The minimum atomic E-state index is -0.648. The van der Waals surface area contributed by atoms with Crippen LogP contribution in [0.15, 0.2) is 30.3 Å². The number of benzene rings is 1. The van der Waals surface area contributed by atoms with E-state index < -0.39 is 5.60 Å². The summed E-state index contributed by atoms with van der Waals surface area (Å²) in [7, 11) is 2.13. The smallest absolute Gasteiger partial charge is 0.105 e. The number of hydrogen-bond acceptors (Lipinski definition) is 2. The van der Waals surface area contributed by atoms with Gasteiger partial charge in [-0.05, 0) is 44.8 Å². The summed E-state index contributed by atoms with van der Waals surface area (Å²) in [6.07, 6.45) is 4.24. The molecular formula is C15H23NO. The van der Waals surface area contributed by atoms with Crippen LogP contribution in [0.1, 0.15) is 38.2 Å². The quantitative estimate of drug-likeness (QED) is 0.864. The molecule has 0 bridgehead atoms. The van der Waals surface area contributed by atoms with E-state index in [4.69, 9.17) is 0 Å². The highest BCUT2D eigenvalue weighted by atomic mass is 16.3. The summed E-state index contributed by atoms with van der Waals surface area (Å²) in [6.45, 7) is 3.24. The lowest BCUT2D eigenvalue weighted by Gasteiger charge is -2.36. The highest BCUT2D eigenvalue weighted by molar-refractivity contribution is 5.26. The van der Waals surface area contributed by atoms with Crippen molar-refractivity contribution in [3.05, 3.63) is 35.9 Å². The summed E-state index contributed by atoms with van der Waals surface area (Å²) in [5.41, 5.74) is 0.427. The molecule has 0 saturated heterocycles. The van der Waals surface area contributed by atoms with Crippen LogP contribution in [0.2, 0.25) is 0 Å². The molecule has 0 amide bonds. The van der Waals surface area contributed by atoms with E-state index in [0.717, 1.165) is 37.8 Å². The Morgan fingerprint density at radius 2 is 2.06 bits per heavy atom. The predicted octanol–water partition coefficient (Wildman–Crippen LogP) is 2.77. The third-order valence-electron chi connectivity index (χ3n) is 3.97. The standard InChI is InChI=1S/C15H23NO/c1-3-12-16(2)14-10-7-11-15(14,17)13-8-5-4-6-9-13/h4-6,8-9,14,17H,3,7,10-12H2,1-2H3/t14-,15?/m1/s1. The summed E-state index contributed by atoms with van der Waals surface area (Å²) in [6, 6.07) is 10.4. The van der Waals surface area contributed by atoms with Crippen molar-refractivity contribution >= 4 is 0 Å². The first-order valence-electron chi connectivity index (χ1n) is 6.66. The molecule has 2 heteroatoms. The molecule has 1 aliphatic carbocycles. The molecule has 1 fully saturated rings. The SMILES string of the molecule is CCCN(C)[C@@H]1CCCC1(O)c1ccccc1. The van der Waals surface area contributed by atoms with Crippen molar-refractivity contribution in [1.82, 2.24) is 4.90 Å². The highest BCUT2D eigenvalue weighted by Gasteiger charge is 2.44. The first kappa shape index (κ1) is 12.6. The van der Waals surface area contributed by atoms with Gasteiger partial charge in [0, 0.05) is 6.04 Å². The average molecular weight is 233 g/mol. The maximum absolute atomic E-state index is 11.0. The van der Waals surface area contributed by atoms with Gasteiger partial charge >= 0.3 is 0 Å². The lowest BCUT2D eigenvalue weighted by atomic mass is 9.88. The van der Waals surface area contributed by atoms with E-state index in [1.54, 1.807) is 0 Å². The Morgan fingerprint density at radius 3 is 2.71 bits per heavy atom. The van der Waals surface area contributed by atoms with Crippen molar-refractivity contribution in [3.8, 4) is 0 Å². The van der Waals surface area contributed by atoms with Gasteiger partial charge in [0.25, 0.3) is 0 Å². The fraction of sp³-hybridized carbons (Fsp3) is 0.600. The fourth-order valence-electron chi connectivity index (χ4n) is 3.13. The molecule has 0 radical (unpaired) electrons. The van der Waals surface area contributed by atoms with Gasteiger partial charge in [-0.3, -0.25) is 0 Å². The number of hydrogen-bond donors (Lipinski definition) is 1. The van der Waals surface area contributed by atoms with E-state index in [9.17, 15) is 5.11 Å². The van der Waals surface area contributed by atoms with Gasteiger partial charge in [0.15, 0.2) is 0 Å². The van der Waals surface area contributed by atoms with Crippen LogP contribution in [0.4, 0.5) is 0 Å². The van der Waals surface area contributed by atoms with E-state index in [-0.39, 0.29) is 6.04 Å². The lowest BCUT2D eigenvalue weighted by Crippen LogP contribution is -2.45. The zero-order valence-corrected chi connectivity index (χ0v) is 10.9. The Hall–Kier alpha value is -0.860. The van der Waals surface area contributed by atoms with Crippen molar-refractivity contribution in [2.75, 3.05) is 13.6 Å². The summed E-state index contributed by atoms with van der Waals surface area (Å²) >= 11 is 0. The minimum absolute atomic E-state index is 0.268. The largest absolute Gasteiger partial charge is 0.384 e. The van der Waals surface area contributed by atoms with E-state index >= 15 is 0 Å². The third-order valence-corrected chi connectivity index (χ3v) is 3.97. The molecule has 17 heavy (non-hydrogen) atoms. The third kappa shape index (κ3) is 2.38. The van der Waals surface area contributed by atoms with Crippen molar-refractivity contribution in [2.45, 2.75) is 44.2 Å². The van der Waals surface area contributed by atoms with E-state index in [0.29, 0.717) is 0 Å². The zero-order chi connectivity index (χ0) is 12.3. The van der Waals surface area contributed by atoms with Gasteiger partial charge in [-0.1, -0.05) is 37.3 Å². The second kappa shape index (κ2) is 5.19. The number of likely N-dealkylation sites (N-methyl/N-ethyl adjacent to an activating group) is 1. The first-order chi connectivity index (χ1) is 8.18. The normalized spacial score (nSPS) is 28.8. The summed E-state index contributed by atoms with van der Waals surface area (Å²) in [4.78, 5) is 2.32. The predicted molar refractivity (Wildman–Crippen MR) is 70.9 cm³/mol. The molecule has 0 heterocycles. The topological polar surface area (TPSA) is 23.5 Å². The van der Waals surface area contributed by atoms with Crippen molar-refractivity contribution < 1.29 is 5.11 Å². The summed E-state index contributed by atoms with van der Waals surface area (Å²) in [5.74, 6) is 0. The van der Waals surface area contributed by atoms with Gasteiger partial charge in [-0.2, -0.15) is 0 Å². The molecule has 1 aromatic carbocycles. The monoisotopic (exact) mass is 233 g/mol. The highest BCUT2D eigenvalue weighted by Crippen LogP contribution is 2.41. The van der Waals surface area contributed by atoms with Crippen LogP contribution < -0.4 is 0 Å². The van der Waals surface area contributed by atoms with Gasteiger partial charge in [0.2, 0.25) is 0 Å². The summed E-state index contributed by atoms with van der Waals surface area (Å²) < 4.78 is 0. The van der Waals surface area contributed by atoms with Crippen LogP contribution in [-0.4, -0.2) is 29.6 Å². The number of aliphatic hydroxyl groups is 1. The molecule has 1 aliphatic rings. The van der Waals surface area contributed by atoms with Gasteiger partial charge in [-0.25, -0.2) is 0 Å². The molecule has 1 unspecified atom stereocenters. The Labute approximate surface area is 104 Å². The molecule has 0 aliphatic heterocycles. The molecule has 2 nitrogen and oxygen atoms in total. The zero-order valence-electron chi connectivity index (χ0n) is 10.9. The molecule has 94 valence electrons. The van der Waals surface area contributed by atoms with Crippen LogP contribution in [0.25, 0.3) is 0 Å². The van der Waals surface area contributed by atoms with E-state index in [2.05, 4.69) is 31.0 Å². The molecular weight excluding hydrogens is 210 g/mol. The van der Waals surface area contributed by atoms with E-state index in [1.165, 1.54) is 0 Å². The van der Waals surface area contributed by atoms with Gasteiger partial charge in [0.05, 0.1) is 0 Å². The molecule has 2 rings (SSSR count). The maximum atomic E-state index is 11.0. The van der Waals surface area contributed by atoms with Gasteiger partial charge in [-0.15, -0.1) is 0 Å². The van der Waals surface area contributed by atoms with Crippen LogP contribution >= 0.6 is 0 Å². The van der Waals surface area contributed by atoms with Crippen molar-refractivity contribution in [2.24, 2.45) is 0 Å². The van der Waals surface area contributed by atoms with Crippen molar-refractivity contribution in [3.63, 3.8) is 0 Å². The van der Waals surface area contributed by atoms with Crippen LogP contribution in [0, 0.1) is 0 Å². The number of rotatable bonds is 4. The minimum Gasteiger partial charge on any atom is -0.384 e. The molecule has 0 spiro atoms. The maximum Gasteiger partial charge on any atom is 0.105 e. The fourth-order valence-corrected chi connectivity index (χ4v) is 3.13. The Morgan fingerprint density at radius 1 is 1.35 bits per heavy atom. The molecule has 1 N–H and O–H groups in total. The van der Waals surface area contributed by atoms with Crippen LogP contribution in [-0.2, 0) is 5.60 Å². The summed E-state index contributed by atoms with van der Waals surface area (Å²) in [5, 5.41) is 11.0. The van der Waals surface area contributed by atoms with E-state index in [1.807, 2.05) is 18.2 Å². The van der Waals surface area contributed by atoms with Crippen molar-refractivity contribution in [1.29, 1.82) is 0 Å². The van der Waals surface area contributed by atoms with Crippen LogP contribution in [0.3, 0.4) is 0 Å². The molecule has 1 aromatic rings. The first-order valence-corrected chi connectivity index (χ1v) is 6.66. The molecule has 2 atom stereocenters. The van der Waals surface area contributed by atoms with Crippen LogP contribution in [0.5, 0.6) is 0 Å². The van der Waals surface area contributed by atoms with Gasteiger partial charge < -0.3 is 10.0 Å². The Balaban J connectivity index is 2.23. The second-order valence-electron chi connectivity index (χ2n) is 5.18.